The van der Waals surface area contributed by atoms with E-state index in [2.05, 4.69) is 0 Å². The summed E-state index contributed by atoms with van der Waals surface area (Å²) in [5.41, 5.74) is 8.99. The monoisotopic (exact) mass is 274 g/mol. The van der Waals surface area contributed by atoms with Crippen molar-refractivity contribution in [2.45, 2.75) is 32.1 Å². The Balaban J connectivity index is 1.68. The minimum atomic E-state index is 0.225. The maximum Gasteiger partial charge on any atom is 0.226 e. The normalized spacial score (nSPS) is 21.8. The van der Waals surface area contributed by atoms with Crippen LogP contribution >= 0.6 is 0 Å². The topological polar surface area (TPSA) is 55.6 Å². The number of hydrogen-bond acceptors (Lipinski definition) is 3. The van der Waals surface area contributed by atoms with E-state index in [1.807, 2.05) is 23.1 Å². The summed E-state index contributed by atoms with van der Waals surface area (Å²) in [4.78, 5) is 14.4. The van der Waals surface area contributed by atoms with Crippen LogP contribution in [0.5, 0.6) is 0 Å². The standard InChI is InChI=1S/C16H22N2O2/c17-14-4-1-5-15-13(14)3-2-9-18(15)16(19)7-6-12-8-10-20-11-12/h1,4-5,12H,2-3,6-11,17H2. The molecule has 3 rings (SSSR count). The molecule has 2 aliphatic rings. The quantitative estimate of drug-likeness (QED) is 0.861. The summed E-state index contributed by atoms with van der Waals surface area (Å²) in [7, 11) is 0. The Morgan fingerprint density at radius 1 is 1.45 bits per heavy atom. The molecule has 20 heavy (non-hydrogen) atoms. The number of amides is 1. The first-order valence-electron chi connectivity index (χ1n) is 7.51. The molecule has 4 heteroatoms. The van der Waals surface area contributed by atoms with Gasteiger partial charge in [-0.05, 0) is 49.3 Å². The van der Waals surface area contributed by atoms with E-state index >= 15 is 0 Å². The van der Waals surface area contributed by atoms with Gasteiger partial charge in [0.2, 0.25) is 5.91 Å². The first-order chi connectivity index (χ1) is 9.75. The number of benzene rings is 1. The van der Waals surface area contributed by atoms with Crippen LogP contribution < -0.4 is 10.6 Å². The summed E-state index contributed by atoms with van der Waals surface area (Å²) in [6.45, 7) is 2.48. The van der Waals surface area contributed by atoms with E-state index in [4.69, 9.17) is 10.5 Å². The highest BCUT2D eigenvalue weighted by Crippen LogP contribution is 2.32. The number of hydrogen-bond donors (Lipinski definition) is 1. The number of carbonyl (C=O) groups excluding carboxylic acids is 1. The van der Waals surface area contributed by atoms with Gasteiger partial charge in [0.25, 0.3) is 0 Å². The van der Waals surface area contributed by atoms with E-state index in [0.29, 0.717) is 12.3 Å². The molecule has 2 heterocycles. The van der Waals surface area contributed by atoms with E-state index in [0.717, 1.165) is 62.4 Å². The second kappa shape index (κ2) is 5.83. The Hall–Kier alpha value is -1.55. The lowest BCUT2D eigenvalue weighted by Gasteiger charge is -2.30. The molecule has 1 atom stereocenters. The number of nitrogens with zero attached hydrogens (tertiary/aromatic N) is 1. The van der Waals surface area contributed by atoms with Gasteiger partial charge in [0.05, 0.1) is 0 Å². The van der Waals surface area contributed by atoms with E-state index < -0.39 is 0 Å². The fourth-order valence-electron chi connectivity index (χ4n) is 3.18. The molecule has 0 bridgehead atoms. The molecular formula is C16H22N2O2. The van der Waals surface area contributed by atoms with Crippen molar-refractivity contribution >= 4 is 17.3 Å². The van der Waals surface area contributed by atoms with E-state index in [1.54, 1.807) is 0 Å². The molecule has 2 N–H and O–H groups in total. The SMILES string of the molecule is Nc1cccc2c1CCCN2C(=O)CCC1CCOC1. The summed E-state index contributed by atoms with van der Waals surface area (Å²) >= 11 is 0. The second-order valence-corrected chi connectivity index (χ2v) is 5.76. The van der Waals surface area contributed by atoms with Crippen molar-refractivity contribution in [2.75, 3.05) is 30.4 Å². The summed E-state index contributed by atoms with van der Waals surface area (Å²) in [5.74, 6) is 0.785. The zero-order valence-electron chi connectivity index (χ0n) is 11.8. The summed E-state index contributed by atoms with van der Waals surface area (Å²) < 4.78 is 5.37. The van der Waals surface area contributed by atoms with Gasteiger partial charge in [-0.25, -0.2) is 0 Å². The average Bonchev–Trinajstić information content (AvgIpc) is 2.98. The maximum absolute atomic E-state index is 12.5. The zero-order chi connectivity index (χ0) is 13.9. The minimum Gasteiger partial charge on any atom is -0.398 e. The van der Waals surface area contributed by atoms with Crippen molar-refractivity contribution < 1.29 is 9.53 Å². The number of carbonyl (C=O) groups is 1. The maximum atomic E-state index is 12.5. The molecule has 108 valence electrons. The lowest BCUT2D eigenvalue weighted by atomic mass is 9.98. The largest absolute Gasteiger partial charge is 0.398 e. The Morgan fingerprint density at radius 2 is 2.35 bits per heavy atom. The minimum absolute atomic E-state index is 0.225. The number of ether oxygens (including phenoxy) is 1. The fraction of sp³-hybridized carbons (Fsp3) is 0.562. The number of nitrogen functional groups attached to an aromatic ring is 1. The van der Waals surface area contributed by atoms with Gasteiger partial charge in [-0.1, -0.05) is 6.07 Å². The third-order valence-corrected chi connectivity index (χ3v) is 4.38. The van der Waals surface area contributed by atoms with Crippen molar-refractivity contribution in [1.82, 2.24) is 0 Å². The number of nitrogens with two attached hydrogens (primary N) is 1. The van der Waals surface area contributed by atoms with Gasteiger partial charge < -0.3 is 15.4 Å². The lowest BCUT2D eigenvalue weighted by Crippen LogP contribution is -2.35. The Labute approximate surface area is 119 Å². The van der Waals surface area contributed by atoms with Crippen LogP contribution in [-0.4, -0.2) is 25.7 Å². The van der Waals surface area contributed by atoms with Crippen LogP contribution in [0.1, 0.15) is 31.2 Å². The molecule has 2 aliphatic heterocycles. The molecule has 1 saturated heterocycles. The average molecular weight is 274 g/mol. The first kappa shape index (κ1) is 13.4. The highest BCUT2D eigenvalue weighted by Gasteiger charge is 2.25. The van der Waals surface area contributed by atoms with E-state index in [1.165, 1.54) is 0 Å². The first-order valence-corrected chi connectivity index (χ1v) is 7.51. The van der Waals surface area contributed by atoms with E-state index in [-0.39, 0.29) is 5.91 Å². The molecule has 1 unspecified atom stereocenters. The number of anilines is 2. The van der Waals surface area contributed by atoms with Crippen molar-refractivity contribution in [3.05, 3.63) is 23.8 Å². The van der Waals surface area contributed by atoms with Gasteiger partial charge in [-0.15, -0.1) is 0 Å². The van der Waals surface area contributed by atoms with E-state index in [9.17, 15) is 4.79 Å². The van der Waals surface area contributed by atoms with Gasteiger partial charge in [0.15, 0.2) is 0 Å². The predicted molar refractivity (Wildman–Crippen MR) is 79.7 cm³/mol. The molecule has 0 spiro atoms. The molecule has 0 aromatic heterocycles. The lowest BCUT2D eigenvalue weighted by molar-refractivity contribution is -0.119. The van der Waals surface area contributed by atoms with Crippen LogP contribution in [0.25, 0.3) is 0 Å². The van der Waals surface area contributed by atoms with Crippen LogP contribution in [0.2, 0.25) is 0 Å². The predicted octanol–water partition coefficient (Wildman–Crippen LogP) is 2.36. The second-order valence-electron chi connectivity index (χ2n) is 5.76. The van der Waals surface area contributed by atoms with Crippen molar-refractivity contribution in [1.29, 1.82) is 0 Å². The molecule has 0 aliphatic carbocycles. The summed E-state index contributed by atoms with van der Waals surface area (Å²) in [6.07, 6.45) is 4.62. The molecule has 1 aromatic rings. The highest BCUT2D eigenvalue weighted by molar-refractivity contribution is 5.95. The van der Waals surface area contributed by atoms with Crippen molar-refractivity contribution in [2.24, 2.45) is 5.92 Å². The van der Waals surface area contributed by atoms with Crippen LogP contribution in [0.4, 0.5) is 11.4 Å². The van der Waals surface area contributed by atoms with Gasteiger partial charge in [0.1, 0.15) is 0 Å². The smallest absolute Gasteiger partial charge is 0.226 e. The molecule has 1 aromatic carbocycles. The number of fused-ring (bicyclic) bond motifs is 1. The van der Waals surface area contributed by atoms with Crippen molar-refractivity contribution in [3.8, 4) is 0 Å². The molecule has 0 radical (unpaired) electrons. The summed E-state index contributed by atoms with van der Waals surface area (Å²) in [5, 5.41) is 0. The zero-order valence-corrected chi connectivity index (χ0v) is 11.8. The van der Waals surface area contributed by atoms with Crippen molar-refractivity contribution in [3.63, 3.8) is 0 Å². The third kappa shape index (κ3) is 2.66. The van der Waals surface area contributed by atoms with Crippen LogP contribution in [0.15, 0.2) is 18.2 Å². The molecule has 4 nitrogen and oxygen atoms in total. The summed E-state index contributed by atoms with van der Waals surface area (Å²) in [6, 6.07) is 5.87. The molecule has 0 saturated carbocycles. The van der Waals surface area contributed by atoms with Gasteiger partial charge in [-0.3, -0.25) is 4.79 Å². The van der Waals surface area contributed by atoms with Crippen LogP contribution in [-0.2, 0) is 16.0 Å². The molecule has 1 fully saturated rings. The Bertz CT molecular complexity index is 495. The van der Waals surface area contributed by atoms with Crippen LogP contribution in [0.3, 0.4) is 0 Å². The molecular weight excluding hydrogens is 252 g/mol. The van der Waals surface area contributed by atoms with Gasteiger partial charge in [-0.2, -0.15) is 0 Å². The van der Waals surface area contributed by atoms with Crippen LogP contribution in [0, 0.1) is 5.92 Å². The van der Waals surface area contributed by atoms with Gasteiger partial charge >= 0.3 is 0 Å². The third-order valence-electron chi connectivity index (χ3n) is 4.38. The Morgan fingerprint density at radius 3 is 3.15 bits per heavy atom. The Kier molecular flexibility index (Phi) is 3.92. The fourth-order valence-corrected chi connectivity index (χ4v) is 3.18. The molecule has 1 amide bonds. The highest BCUT2D eigenvalue weighted by atomic mass is 16.5. The number of rotatable bonds is 3. The van der Waals surface area contributed by atoms with Gasteiger partial charge in [0, 0.05) is 37.6 Å².